The van der Waals surface area contributed by atoms with Gasteiger partial charge in [0.25, 0.3) is 0 Å². The summed E-state index contributed by atoms with van der Waals surface area (Å²) in [6.45, 7) is 25.3. The van der Waals surface area contributed by atoms with Crippen molar-refractivity contribution in [2.24, 2.45) is 0 Å². The zero-order chi connectivity index (χ0) is 48.4. The molecule has 1 aliphatic carbocycles. The molecule has 5 rings (SSSR count). The van der Waals surface area contributed by atoms with Gasteiger partial charge in [0.15, 0.2) is 0 Å². The fourth-order valence-electron chi connectivity index (χ4n) is 8.53. The van der Waals surface area contributed by atoms with E-state index in [4.69, 9.17) is 0 Å². The summed E-state index contributed by atoms with van der Waals surface area (Å²) in [4.78, 5) is 9.95. The van der Waals surface area contributed by atoms with E-state index in [-0.39, 0.29) is 0 Å². The first-order chi connectivity index (χ1) is 33.4. The maximum Gasteiger partial charge on any atom is 0.212 e. The predicted octanol–water partition coefficient (Wildman–Crippen LogP) is 15.8. The first kappa shape index (κ1) is 52.8. The van der Waals surface area contributed by atoms with E-state index in [0.717, 1.165) is 86.5 Å². The SMILES string of the molecule is C/C=C\CN(C/C=C/C)c1ccc([N+](=C2C=CC(=[N+](c3ccc(N(C/C=C\C)C/C=C/C)cc3)c3ccc(N(CCCC)CCCC)cc3)C=C2)c2ccc(N(CCCC)CCCC)cc2)cc1. The molecule has 0 saturated heterocycles. The Hall–Kier alpha value is -6.14. The molecule has 0 atom stereocenters. The lowest BCUT2D eigenvalue weighted by atomic mass is 10.1. The van der Waals surface area contributed by atoms with Gasteiger partial charge in [-0.1, -0.05) is 102 Å². The first-order valence-electron chi connectivity index (χ1n) is 26.0. The third kappa shape index (κ3) is 15.4. The minimum Gasteiger partial charge on any atom is -0.372 e. The predicted molar refractivity (Wildman–Crippen MR) is 305 cm³/mol. The van der Waals surface area contributed by atoms with E-state index in [2.05, 4.69) is 254 Å². The molecular formula is C62H84N6+2. The van der Waals surface area contributed by atoms with Crippen LogP contribution in [0.2, 0.25) is 0 Å². The Bertz CT molecular complexity index is 2090. The van der Waals surface area contributed by atoms with E-state index in [1.165, 1.54) is 74.1 Å². The Morgan fingerprint density at radius 1 is 0.324 bits per heavy atom. The molecule has 0 aromatic heterocycles. The Morgan fingerprint density at radius 2 is 0.544 bits per heavy atom. The van der Waals surface area contributed by atoms with E-state index in [9.17, 15) is 0 Å². The lowest BCUT2D eigenvalue weighted by molar-refractivity contribution is 0.678. The van der Waals surface area contributed by atoms with E-state index in [1.54, 1.807) is 0 Å². The molecule has 68 heavy (non-hydrogen) atoms. The van der Waals surface area contributed by atoms with Crippen molar-refractivity contribution in [3.63, 3.8) is 0 Å². The number of hydrogen-bond acceptors (Lipinski definition) is 4. The molecule has 6 nitrogen and oxygen atoms in total. The van der Waals surface area contributed by atoms with Crippen molar-refractivity contribution in [1.29, 1.82) is 0 Å². The molecule has 0 bridgehead atoms. The van der Waals surface area contributed by atoms with E-state index in [1.807, 2.05) is 0 Å². The van der Waals surface area contributed by atoms with Crippen LogP contribution in [0.5, 0.6) is 0 Å². The highest BCUT2D eigenvalue weighted by Crippen LogP contribution is 2.31. The van der Waals surface area contributed by atoms with Crippen molar-refractivity contribution >= 4 is 56.9 Å². The summed E-state index contributed by atoms with van der Waals surface area (Å²) in [6.07, 6.45) is 36.2. The quantitative estimate of drug-likeness (QED) is 0.0321. The molecule has 4 aromatic rings. The van der Waals surface area contributed by atoms with E-state index >= 15 is 0 Å². The number of nitrogens with zero attached hydrogens (tertiary/aromatic N) is 6. The number of hydrogen-bond donors (Lipinski definition) is 0. The smallest absolute Gasteiger partial charge is 0.212 e. The molecule has 360 valence electrons. The summed E-state index contributed by atoms with van der Waals surface area (Å²) >= 11 is 0. The second-order valence-corrected chi connectivity index (χ2v) is 17.7. The van der Waals surface area contributed by atoms with Gasteiger partial charge >= 0.3 is 0 Å². The van der Waals surface area contributed by atoms with Crippen LogP contribution in [-0.4, -0.2) is 63.8 Å². The fourth-order valence-corrected chi connectivity index (χ4v) is 8.53. The largest absolute Gasteiger partial charge is 0.372 e. The van der Waals surface area contributed by atoms with Crippen LogP contribution in [0.3, 0.4) is 0 Å². The van der Waals surface area contributed by atoms with Crippen LogP contribution in [0.15, 0.2) is 170 Å². The van der Waals surface area contributed by atoms with Crippen molar-refractivity contribution in [2.75, 3.05) is 72.0 Å². The standard InChI is InChI=1S/C62H84N6/c1-9-17-45-63(46-18-10-2)53-25-33-57(34-26-53)67(58-35-27-54(28-36-58)64(47-19-11-3)48-20-12-4)61-41-43-62(44-42-61)68(59-37-29-55(30-38-59)65(49-21-13-5)50-22-14-6)60-39-31-56(32-40-60)66(51-23-15-7)52-24-16-8/h9-10,13-14,17-18,21-22,25-44H,11-12,15-16,19-20,23-24,45-52H2,1-8H3/q+2/b17-9-,18-10+,21-13-,22-14+. The summed E-state index contributed by atoms with van der Waals surface area (Å²) < 4.78 is 4.81. The molecule has 6 heteroatoms. The van der Waals surface area contributed by atoms with Crippen molar-refractivity contribution in [3.05, 3.63) is 170 Å². The van der Waals surface area contributed by atoms with Gasteiger partial charge in [0, 0.05) is 148 Å². The number of benzene rings is 4. The van der Waals surface area contributed by atoms with Gasteiger partial charge in [-0.15, -0.1) is 0 Å². The summed E-state index contributed by atoms with van der Waals surface area (Å²) in [7, 11) is 0. The van der Waals surface area contributed by atoms with E-state index < -0.39 is 0 Å². The lowest BCUT2D eigenvalue weighted by Gasteiger charge is -2.24. The molecule has 0 heterocycles. The Balaban J connectivity index is 1.64. The van der Waals surface area contributed by atoms with Gasteiger partial charge < -0.3 is 19.6 Å². The zero-order valence-electron chi connectivity index (χ0n) is 43.2. The Morgan fingerprint density at radius 3 is 0.750 bits per heavy atom. The van der Waals surface area contributed by atoms with Crippen molar-refractivity contribution in [3.8, 4) is 0 Å². The molecule has 0 N–H and O–H groups in total. The highest BCUT2D eigenvalue weighted by atomic mass is 15.1. The van der Waals surface area contributed by atoms with Crippen LogP contribution in [0.1, 0.15) is 107 Å². The second kappa shape index (κ2) is 29.6. The third-order valence-electron chi connectivity index (χ3n) is 12.6. The molecule has 0 radical (unpaired) electrons. The van der Waals surface area contributed by atoms with Crippen LogP contribution in [0.25, 0.3) is 0 Å². The first-order valence-corrected chi connectivity index (χ1v) is 26.0. The normalized spacial score (nSPS) is 12.6. The maximum absolute atomic E-state index is 2.57. The number of anilines is 4. The molecule has 0 aliphatic heterocycles. The average Bonchev–Trinajstić information content (AvgIpc) is 3.38. The molecule has 0 spiro atoms. The van der Waals surface area contributed by atoms with Gasteiger partial charge in [-0.05, 0) is 102 Å². The average molecular weight is 913 g/mol. The highest BCUT2D eigenvalue weighted by Gasteiger charge is 2.25. The lowest BCUT2D eigenvalue weighted by Crippen LogP contribution is -2.25. The Kier molecular flexibility index (Phi) is 23.0. The molecule has 0 saturated carbocycles. The minimum atomic E-state index is 0.863. The summed E-state index contributed by atoms with van der Waals surface area (Å²) in [5.74, 6) is 0. The molecule has 1 aliphatic rings. The van der Waals surface area contributed by atoms with Crippen molar-refractivity contribution in [1.82, 2.24) is 9.15 Å². The molecule has 4 aromatic carbocycles. The molecule has 0 unspecified atom stereocenters. The van der Waals surface area contributed by atoms with Crippen LogP contribution in [-0.2, 0) is 0 Å². The number of allylic oxidation sites excluding steroid dienone is 8. The van der Waals surface area contributed by atoms with Gasteiger partial charge in [-0.3, -0.25) is 0 Å². The second-order valence-electron chi connectivity index (χ2n) is 17.7. The monoisotopic (exact) mass is 913 g/mol. The molecule has 0 amide bonds. The Labute approximate surface area is 413 Å². The fraction of sp³-hybridized carbons (Fsp3) is 0.387. The van der Waals surface area contributed by atoms with Crippen molar-refractivity contribution < 1.29 is 0 Å². The van der Waals surface area contributed by atoms with Gasteiger partial charge in [0.2, 0.25) is 34.2 Å². The zero-order valence-corrected chi connectivity index (χ0v) is 43.2. The van der Waals surface area contributed by atoms with Gasteiger partial charge in [0.1, 0.15) is 0 Å². The summed E-state index contributed by atoms with van der Waals surface area (Å²) in [6, 6.07) is 36.7. The minimum absolute atomic E-state index is 0.863. The molecule has 0 fully saturated rings. The summed E-state index contributed by atoms with van der Waals surface area (Å²) in [5.41, 5.74) is 11.7. The topological polar surface area (TPSA) is 19.0 Å². The third-order valence-corrected chi connectivity index (χ3v) is 12.6. The van der Waals surface area contributed by atoms with Gasteiger partial charge in [-0.25, -0.2) is 0 Å². The van der Waals surface area contributed by atoms with Gasteiger partial charge in [0.05, 0.1) is 0 Å². The van der Waals surface area contributed by atoms with Crippen LogP contribution in [0.4, 0.5) is 45.5 Å². The molecular weight excluding hydrogens is 829 g/mol. The summed E-state index contributed by atoms with van der Waals surface area (Å²) in [5, 5.41) is 0. The van der Waals surface area contributed by atoms with Crippen molar-refractivity contribution in [2.45, 2.75) is 107 Å². The van der Waals surface area contributed by atoms with Crippen LogP contribution in [0, 0.1) is 0 Å². The number of unbranched alkanes of at least 4 members (excludes halogenated alkanes) is 4. The number of rotatable bonds is 28. The van der Waals surface area contributed by atoms with Gasteiger partial charge in [-0.2, -0.15) is 9.15 Å². The van der Waals surface area contributed by atoms with Crippen LogP contribution >= 0.6 is 0 Å². The maximum atomic E-state index is 2.57. The highest BCUT2D eigenvalue weighted by molar-refractivity contribution is 6.20. The van der Waals surface area contributed by atoms with Crippen LogP contribution < -0.4 is 28.8 Å². The van der Waals surface area contributed by atoms with E-state index in [0.29, 0.717) is 0 Å².